The Hall–Kier alpha value is -0.750. The number of esters is 1. The zero-order valence-electron chi connectivity index (χ0n) is 23.8. The number of halogens is 2. The number of hydrogen-bond acceptors (Lipinski definition) is 4. The molecule has 4 atom stereocenters. The molecule has 6 heteroatoms. The lowest BCUT2D eigenvalue weighted by Gasteiger charge is -2.42. The highest BCUT2D eigenvalue weighted by Gasteiger charge is 2.46. The molecule has 0 aromatic heterocycles. The van der Waals surface area contributed by atoms with Gasteiger partial charge in [-0.2, -0.15) is 0 Å². The Labute approximate surface area is 225 Å². The third-order valence-electron chi connectivity index (χ3n) is 9.41. The van der Waals surface area contributed by atoms with E-state index in [1.54, 1.807) is 0 Å². The monoisotopic (exact) mass is 526 g/mol. The minimum Gasteiger partial charge on any atom is -0.459 e. The Morgan fingerprint density at radius 1 is 0.703 bits per heavy atom. The van der Waals surface area contributed by atoms with E-state index in [1.165, 1.54) is 77.0 Å². The van der Waals surface area contributed by atoms with E-state index in [0.29, 0.717) is 24.7 Å². The lowest BCUT2D eigenvalue weighted by Crippen LogP contribution is -2.61. The van der Waals surface area contributed by atoms with E-state index in [1.807, 2.05) is 0 Å². The Morgan fingerprint density at radius 2 is 1.27 bits per heavy atom. The molecule has 1 heterocycles. The van der Waals surface area contributed by atoms with Crippen LogP contribution in [0.2, 0.25) is 0 Å². The number of ether oxygens (including phenoxy) is 1. The third-order valence-corrected chi connectivity index (χ3v) is 9.41. The SMILES string of the molecule is CCCCCCCCCC1CNC(C2CCC(OC(=O)C3CCC(CCCCC)CC3)C(F)C2F)NC1. The van der Waals surface area contributed by atoms with Crippen LogP contribution in [-0.2, 0) is 9.53 Å². The average molecular weight is 527 g/mol. The van der Waals surface area contributed by atoms with Crippen LogP contribution < -0.4 is 10.6 Å². The molecular weight excluding hydrogens is 470 g/mol. The molecule has 0 spiro atoms. The van der Waals surface area contributed by atoms with Gasteiger partial charge in [0.05, 0.1) is 12.1 Å². The Balaban J connectivity index is 1.31. The van der Waals surface area contributed by atoms with Crippen molar-refractivity contribution in [3.05, 3.63) is 0 Å². The first-order valence-corrected chi connectivity index (χ1v) is 16.0. The molecule has 0 aromatic carbocycles. The molecule has 0 amide bonds. The number of hydrogen-bond donors (Lipinski definition) is 2. The number of unbranched alkanes of at least 4 members (excludes halogenated alkanes) is 8. The molecule has 3 aliphatic rings. The lowest BCUT2D eigenvalue weighted by atomic mass is 9.79. The Kier molecular flexibility index (Phi) is 14.2. The van der Waals surface area contributed by atoms with Gasteiger partial charge in [-0.15, -0.1) is 0 Å². The summed E-state index contributed by atoms with van der Waals surface area (Å²) in [6, 6.07) is 0. The van der Waals surface area contributed by atoms with Gasteiger partial charge >= 0.3 is 5.97 Å². The fourth-order valence-electron chi connectivity index (χ4n) is 6.83. The topological polar surface area (TPSA) is 50.4 Å². The summed E-state index contributed by atoms with van der Waals surface area (Å²) in [4.78, 5) is 12.7. The van der Waals surface area contributed by atoms with Crippen LogP contribution in [0.15, 0.2) is 0 Å². The van der Waals surface area contributed by atoms with Gasteiger partial charge in [0.15, 0.2) is 6.17 Å². The van der Waals surface area contributed by atoms with E-state index in [-0.39, 0.29) is 18.1 Å². The molecular formula is C31H56F2N2O2. The first kappa shape index (κ1) is 30.8. The van der Waals surface area contributed by atoms with Gasteiger partial charge in [-0.1, -0.05) is 84.5 Å². The van der Waals surface area contributed by atoms with Crippen molar-refractivity contribution >= 4 is 5.97 Å². The van der Waals surface area contributed by atoms with E-state index >= 15 is 8.78 Å². The normalized spacial score (nSPS) is 34.8. The van der Waals surface area contributed by atoms with Crippen LogP contribution >= 0.6 is 0 Å². The van der Waals surface area contributed by atoms with Crippen LogP contribution in [0, 0.1) is 23.7 Å². The average Bonchev–Trinajstić information content (AvgIpc) is 2.92. The standard InChI is InChI=1S/C31H56F2N2O2/c1-3-5-7-8-9-10-12-14-24-21-34-30(35-22-24)26-19-20-27(29(33)28(26)32)37-31(36)25-17-15-23(16-18-25)13-11-6-4-2/h23-30,34-35H,3-22H2,1-2H3. The Bertz CT molecular complexity index is 620. The molecule has 1 aliphatic heterocycles. The van der Waals surface area contributed by atoms with Gasteiger partial charge in [-0.05, 0) is 56.8 Å². The van der Waals surface area contributed by atoms with Crippen LogP contribution in [0.1, 0.15) is 129 Å². The molecule has 1 saturated heterocycles. The van der Waals surface area contributed by atoms with Crippen molar-refractivity contribution in [3.63, 3.8) is 0 Å². The van der Waals surface area contributed by atoms with Gasteiger partial charge in [0, 0.05) is 19.0 Å². The predicted molar refractivity (Wildman–Crippen MR) is 148 cm³/mol. The van der Waals surface area contributed by atoms with E-state index in [9.17, 15) is 4.79 Å². The van der Waals surface area contributed by atoms with Crippen LogP contribution in [-0.4, -0.2) is 43.7 Å². The van der Waals surface area contributed by atoms with Gasteiger partial charge in [0.2, 0.25) is 0 Å². The maximum absolute atomic E-state index is 15.2. The molecule has 3 fully saturated rings. The molecule has 0 bridgehead atoms. The highest BCUT2D eigenvalue weighted by Crippen LogP contribution is 2.37. The lowest BCUT2D eigenvalue weighted by molar-refractivity contribution is -0.165. The summed E-state index contributed by atoms with van der Waals surface area (Å²) < 4.78 is 35.9. The van der Waals surface area contributed by atoms with Gasteiger partial charge in [-0.3, -0.25) is 4.79 Å². The van der Waals surface area contributed by atoms with Crippen molar-refractivity contribution in [3.8, 4) is 0 Å². The second kappa shape index (κ2) is 17.0. The molecule has 2 aliphatic carbocycles. The van der Waals surface area contributed by atoms with Gasteiger partial charge in [0.1, 0.15) is 12.3 Å². The number of rotatable bonds is 15. The summed E-state index contributed by atoms with van der Waals surface area (Å²) in [5.41, 5.74) is 0. The number of carbonyl (C=O) groups excluding carboxylic acids is 1. The first-order valence-electron chi connectivity index (χ1n) is 16.0. The molecule has 0 aromatic rings. The fourth-order valence-corrected chi connectivity index (χ4v) is 6.83. The molecule has 4 unspecified atom stereocenters. The summed E-state index contributed by atoms with van der Waals surface area (Å²) in [7, 11) is 0. The smallest absolute Gasteiger partial charge is 0.309 e. The van der Waals surface area contributed by atoms with Crippen molar-refractivity contribution in [1.82, 2.24) is 10.6 Å². The van der Waals surface area contributed by atoms with Gasteiger partial charge in [-0.25, -0.2) is 8.78 Å². The second-order valence-electron chi connectivity index (χ2n) is 12.4. The highest BCUT2D eigenvalue weighted by atomic mass is 19.2. The van der Waals surface area contributed by atoms with Crippen LogP contribution in [0.4, 0.5) is 8.78 Å². The largest absolute Gasteiger partial charge is 0.459 e. The summed E-state index contributed by atoms with van der Waals surface area (Å²) in [5.74, 6) is 0.418. The molecule has 3 rings (SSSR count). The van der Waals surface area contributed by atoms with Crippen molar-refractivity contribution in [2.75, 3.05) is 13.1 Å². The molecule has 2 N–H and O–H groups in total. The summed E-state index contributed by atoms with van der Waals surface area (Å²) in [6.45, 7) is 6.20. The molecule has 216 valence electrons. The predicted octanol–water partition coefficient (Wildman–Crippen LogP) is 7.65. The maximum atomic E-state index is 15.2. The zero-order chi connectivity index (χ0) is 26.5. The zero-order valence-corrected chi connectivity index (χ0v) is 23.8. The Morgan fingerprint density at radius 3 is 1.95 bits per heavy atom. The van der Waals surface area contributed by atoms with E-state index in [4.69, 9.17) is 4.74 Å². The van der Waals surface area contributed by atoms with E-state index in [2.05, 4.69) is 24.5 Å². The van der Waals surface area contributed by atoms with Crippen molar-refractivity contribution in [1.29, 1.82) is 0 Å². The molecule has 4 nitrogen and oxygen atoms in total. The number of carbonyl (C=O) groups is 1. The van der Waals surface area contributed by atoms with Crippen molar-refractivity contribution < 1.29 is 18.3 Å². The minimum atomic E-state index is -1.73. The maximum Gasteiger partial charge on any atom is 0.309 e. The number of alkyl halides is 2. The molecule has 0 radical (unpaired) electrons. The summed E-state index contributed by atoms with van der Waals surface area (Å²) in [6.07, 6.45) is 15.7. The van der Waals surface area contributed by atoms with Gasteiger partial charge in [0.25, 0.3) is 0 Å². The minimum absolute atomic E-state index is 0.139. The van der Waals surface area contributed by atoms with Crippen molar-refractivity contribution in [2.24, 2.45) is 23.7 Å². The highest BCUT2D eigenvalue weighted by molar-refractivity contribution is 5.72. The van der Waals surface area contributed by atoms with Crippen molar-refractivity contribution in [2.45, 2.75) is 154 Å². The first-order chi connectivity index (χ1) is 18.0. The molecule has 37 heavy (non-hydrogen) atoms. The number of nitrogens with one attached hydrogen (secondary N) is 2. The quantitative estimate of drug-likeness (QED) is 0.170. The van der Waals surface area contributed by atoms with Crippen LogP contribution in [0.25, 0.3) is 0 Å². The van der Waals surface area contributed by atoms with E-state index in [0.717, 1.165) is 38.8 Å². The second-order valence-corrected chi connectivity index (χ2v) is 12.4. The molecule has 2 saturated carbocycles. The van der Waals surface area contributed by atoms with E-state index < -0.39 is 24.4 Å². The van der Waals surface area contributed by atoms with Crippen LogP contribution in [0.5, 0.6) is 0 Å². The third kappa shape index (κ3) is 10.1. The van der Waals surface area contributed by atoms with Crippen LogP contribution in [0.3, 0.4) is 0 Å². The fraction of sp³-hybridized carbons (Fsp3) is 0.968. The van der Waals surface area contributed by atoms with Gasteiger partial charge < -0.3 is 15.4 Å². The summed E-state index contributed by atoms with van der Waals surface area (Å²) in [5, 5.41) is 6.93. The summed E-state index contributed by atoms with van der Waals surface area (Å²) >= 11 is 0.